The average Bonchev–Trinajstić information content (AvgIpc) is 2.88. The molecule has 0 spiro atoms. The van der Waals surface area contributed by atoms with Crippen LogP contribution in [-0.2, 0) is 15.6 Å². The maximum absolute atomic E-state index is 13.3. The van der Waals surface area contributed by atoms with E-state index in [1.54, 1.807) is 32.2 Å². The van der Waals surface area contributed by atoms with Crippen LogP contribution in [0.5, 0.6) is 0 Å². The Morgan fingerprint density at radius 3 is 2.12 bits per heavy atom. The van der Waals surface area contributed by atoms with Crippen molar-refractivity contribution in [2.24, 2.45) is 0 Å². The Bertz CT molecular complexity index is 1050. The van der Waals surface area contributed by atoms with E-state index < -0.39 is 15.6 Å². The van der Waals surface area contributed by atoms with Crippen molar-refractivity contribution in [3.05, 3.63) is 64.8 Å². The van der Waals surface area contributed by atoms with Crippen LogP contribution < -0.4 is 0 Å². The molecule has 0 aliphatic heterocycles. The molecule has 3 rings (SSSR count). The smallest absolute Gasteiger partial charge is 0.268 e. The second-order valence-corrected chi connectivity index (χ2v) is 8.93. The van der Waals surface area contributed by atoms with Crippen molar-refractivity contribution >= 4 is 20.9 Å². The van der Waals surface area contributed by atoms with Gasteiger partial charge in [-0.25, -0.2) is 12.4 Å². The minimum Gasteiger partial charge on any atom is -0.386 e. The van der Waals surface area contributed by atoms with Crippen LogP contribution in [0.25, 0.3) is 10.9 Å². The second kappa shape index (κ2) is 5.71. The molecule has 0 unspecified atom stereocenters. The van der Waals surface area contributed by atoms with Gasteiger partial charge in [0.15, 0.2) is 0 Å². The highest BCUT2D eigenvalue weighted by molar-refractivity contribution is 7.90. The first-order valence-electron chi connectivity index (χ1n) is 8.19. The summed E-state index contributed by atoms with van der Waals surface area (Å²) in [6.45, 7) is 8.97. The second-order valence-electron chi connectivity index (χ2n) is 7.18. The van der Waals surface area contributed by atoms with Gasteiger partial charge in [-0.2, -0.15) is 0 Å². The van der Waals surface area contributed by atoms with E-state index in [1.807, 2.05) is 45.0 Å². The summed E-state index contributed by atoms with van der Waals surface area (Å²) >= 11 is 0. The van der Waals surface area contributed by atoms with Gasteiger partial charge < -0.3 is 5.11 Å². The Morgan fingerprint density at radius 1 is 0.960 bits per heavy atom. The molecule has 132 valence electrons. The SMILES string of the molecule is Cc1cc(C)c(S(=O)(=O)n2ccc3ccc(C(C)(C)O)cc32)c(C)c1. The molecule has 1 heterocycles. The number of hydrogen-bond acceptors (Lipinski definition) is 3. The summed E-state index contributed by atoms with van der Waals surface area (Å²) in [6.07, 6.45) is 1.58. The average molecular weight is 357 g/mol. The van der Waals surface area contributed by atoms with Crippen molar-refractivity contribution in [2.75, 3.05) is 0 Å². The highest BCUT2D eigenvalue weighted by Crippen LogP contribution is 2.30. The molecule has 1 aromatic heterocycles. The summed E-state index contributed by atoms with van der Waals surface area (Å²) in [5, 5.41) is 11.1. The van der Waals surface area contributed by atoms with E-state index in [9.17, 15) is 13.5 Å². The van der Waals surface area contributed by atoms with Gasteiger partial charge in [0.05, 0.1) is 16.0 Å². The van der Waals surface area contributed by atoms with Gasteiger partial charge in [0.1, 0.15) is 0 Å². The van der Waals surface area contributed by atoms with Gasteiger partial charge in [-0.15, -0.1) is 0 Å². The number of hydrogen-bond donors (Lipinski definition) is 1. The van der Waals surface area contributed by atoms with Gasteiger partial charge in [-0.1, -0.05) is 29.8 Å². The molecule has 0 saturated heterocycles. The quantitative estimate of drug-likeness (QED) is 0.770. The first-order valence-corrected chi connectivity index (χ1v) is 9.63. The van der Waals surface area contributed by atoms with Crippen molar-refractivity contribution in [2.45, 2.75) is 45.1 Å². The number of aromatic nitrogens is 1. The van der Waals surface area contributed by atoms with Crippen LogP contribution in [0, 0.1) is 20.8 Å². The van der Waals surface area contributed by atoms with Crippen molar-refractivity contribution < 1.29 is 13.5 Å². The highest BCUT2D eigenvalue weighted by atomic mass is 32.2. The van der Waals surface area contributed by atoms with E-state index in [0.29, 0.717) is 16.0 Å². The van der Waals surface area contributed by atoms with Crippen molar-refractivity contribution in [3.63, 3.8) is 0 Å². The number of nitrogens with zero attached hydrogens (tertiary/aromatic N) is 1. The van der Waals surface area contributed by atoms with E-state index in [-0.39, 0.29) is 0 Å². The summed E-state index contributed by atoms with van der Waals surface area (Å²) < 4.78 is 28.0. The van der Waals surface area contributed by atoms with Crippen LogP contribution in [-0.4, -0.2) is 17.5 Å². The van der Waals surface area contributed by atoms with E-state index in [0.717, 1.165) is 22.1 Å². The lowest BCUT2D eigenvalue weighted by molar-refractivity contribution is 0.0787. The van der Waals surface area contributed by atoms with E-state index >= 15 is 0 Å². The summed E-state index contributed by atoms with van der Waals surface area (Å²) in [6, 6.07) is 10.9. The predicted octanol–water partition coefficient (Wildman–Crippen LogP) is 4.03. The van der Waals surface area contributed by atoms with Gasteiger partial charge in [0.25, 0.3) is 10.0 Å². The zero-order chi connectivity index (χ0) is 18.6. The lowest BCUT2D eigenvalue weighted by Crippen LogP contribution is -2.17. The number of rotatable bonds is 3. The Balaban J connectivity index is 2.29. The van der Waals surface area contributed by atoms with Crippen LogP contribution in [0.3, 0.4) is 0 Å². The van der Waals surface area contributed by atoms with E-state index in [1.165, 1.54) is 3.97 Å². The number of aliphatic hydroxyl groups is 1. The summed E-state index contributed by atoms with van der Waals surface area (Å²) in [5.74, 6) is 0. The largest absolute Gasteiger partial charge is 0.386 e. The molecule has 0 fully saturated rings. The Kier molecular flexibility index (Phi) is 4.05. The van der Waals surface area contributed by atoms with Crippen LogP contribution in [0.2, 0.25) is 0 Å². The molecule has 0 aliphatic carbocycles. The third-order valence-electron chi connectivity index (χ3n) is 4.49. The Labute approximate surface area is 148 Å². The predicted molar refractivity (Wildman–Crippen MR) is 100 cm³/mol. The number of benzene rings is 2. The first-order chi connectivity index (χ1) is 11.5. The van der Waals surface area contributed by atoms with Gasteiger partial charge in [-0.3, -0.25) is 0 Å². The van der Waals surface area contributed by atoms with Crippen LogP contribution in [0.15, 0.2) is 47.5 Å². The summed E-state index contributed by atoms with van der Waals surface area (Å²) in [4.78, 5) is 0.337. The molecule has 4 nitrogen and oxygen atoms in total. The summed E-state index contributed by atoms with van der Waals surface area (Å²) in [5.41, 5.74) is 2.71. The molecule has 0 radical (unpaired) electrons. The molecule has 0 saturated carbocycles. The third-order valence-corrected chi connectivity index (χ3v) is 6.48. The lowest BCUT2D eigenvalue weighted by Gasteiger charge is -2.19. The standard InChI is InChI=1S/C20H23NO3S/c1-13-10-14(2)19(15(3)11-13)25(23,24)21-9-8-16-6-7-17(12-18(16)21)20(4,5)22/h6-12,22H,1-5H3. The van der Waals surface area contributed by atoms with Crippen LogP contribution in [0.4, 0.5) is 0 Å². The van der Waals surface area contributed by atoms with Gasteiger partial charge in [0, 0.05) is 11.6 Å². The summed E-state index contributed by atoms with van der Waals surface area (Å²) in [7, 11) is -3.73. The molecule has 0 amide bonds. The molecule has 2 aromatic carbocycles. The lowest BCUT2D eigenvalue weighted by atomic mass is 9.98. The fourth-order valence-corrected chi connectivity index (χ4v) is 5.13. The monoisotopic (exact) mass is 357 g/mol. The number of fused-ring (bicyclic) bond motifs is 1. The zero-order valence-corrected chi connectivity index (χ0v) is 16.0. The molecule has 25 heavy (non-hydrogen) atoms. The maximum Gasteiger partial charge on any atom is 0.268 e. The topological polar surface area (TPSA) is 59.3 Å². The molecular weight excluding hydrogens is 334 g/mol. The Hall–Kier alpha value is -2.11. The molecular formula is C20H23NO3S. The molecule has 3 aromatic rings. The minimum absolute atomic E-state index is 0.337. The molecule has 0 atom stereocenters. The normalized spacial score (nSPS) is 12.7. The van der Waals surface area contributed by atoms with Gasteiger partial charge in [0.2, 0.25) is 0 Å². The fraction of sp³-hybridized carbons (Fsp3) is 0.300. The van der Waals surface area contributed by atoms with E-state index in [4.69, 9.17) is 0 Å². The highest BCUT2D eigenvalue weighted by Gasteiger charge is 2.24. The number of aryl methyl sites for hydroxylation is 3. The van der Waals surface area contributed by atoms with Crippen molar-refractivity contribution in [1.82, 2.24) is 3.97 Å². The van der Waals surface area contributed by atoms with Crippen LogP contribution in [0.1, 0.15) is 36.1 Å². The first kappa shape index (κ1) is 17.7. The molecule has 1 N–H and O–H groups in total. The maximum atomic E-state index is 13.3. The minimum atomic E-state index is -3.73. The zero-order valence-electron chi connectivity index (χ0n) is 15.2. The third kappa shape index (κ3) is 2.98. The van der Waals surface area contributed by atoms with E-state index in [2.05, 4.69) is 0 Å². The molecule has 5 heteroatoms. The van der Waals surface area contributed by atoms with Crippen LogP contribution >= 0.6 is 0 Å². The molecule has 0 aliphatic rings. The van der Waals surface area contributed by atoms with Crippen molar-refractivity contribution in [3.8, 4) is 0 Å². The molecule has 0 bridgehead atoms. The van der Waals surface area contributed by atoms with Gasteiger partial charge >= 0.3 is 0 Å². The van der Waals surface area contributed by atoms with Gasteiger partial charge in [-0.05, 0) is 63.4 Å². The Morgan fingerprint density at radius 2 is 1.56 bits per heavy atom. The van der Waals surface area contributed by atoms with Crippen molar-refractivity contribution in [1.29, 1.82) is 0 Å². The fourth-order valence-electron chi connectivity index (χ4n) is 3.37.